The van der Waals surface area contributed by atoms with Crippen molar-refractivity contribution in [3.05, 3.63) is 24.3 Å². The van der Waals surface area contributed by atoms with Crippen molar-refractivity contribution < 1.29 is 9.90 Å². The van der Waals surface area contributed by atoms with Gasteiger partial charge in [-0.1, -0.05) is 22.9 Å². The van der Waals surface area contributed by atoms with Gasteiger partial charge >= 0.3 is 0 Å². The van der Waals surface area contributed by atoms with Gasteiger partial charge in [0, 0.05) is 31.9 Å². The number of halogens is 1. The molecule has 0 spiro atoms. The molecule has 1 heterocycles. The summed E-state index contributed by atoms with van der Waals surface area (Å²) in [6.45, 7) is 5.17. The summed E-state index contributed by atoms with van der Waals surface area (Å²) in [7, 11) is 0. The first-order chi connectivity index (χ1) is 9.11. The lowest BCUT2D eigenvalue weighted by molar-refractivity contribution is -0.130. The lowest BCUT2D eigenvalue weighted by atomic mass is 10.2. The van der Waals surface area contributed by atoms with Crippen LogP contribution < -0.4 is 4.90 Å². The zero-order chi connectivity index (χ0) is 13.8. The van der Waals surface area contributed by atoms with Gasteiger partial charge in [0.15, 0.2) is 0 Å². The number of carbonyl (C=O) groups is 1. The summed E-state index contributed by atoms with van der Waals surface area (Å²) in [6, 6.07) is 7.20. The third kappa shape index (κ3) is 3.41. The molecule has 4 nitrogen and oxygen atoms in total. The molecule has 2 rings (SSSR count). The lowest BCUT2D eigenvalue weighted by Gasteiger charge is -2.36. The summed E-state index contributed by atoms with van der Waals surface area (Å²) in [4.78, 5) is 16.1. The van der Waals surface area contributed by atoms with Crippen LogP contribution in [0.5, 0.6) is 5.75 Å². The van der Waals surface area contributed by atoms with E-state index >= 15 is 0 Å². The van der Waals surface area contributed by atoms with E-state index in [1.807, 2.05) is 24.0 Å². The van der Waals surface area contributed by atoms with Gasteiger partial charge in [-0.25, -0.2) is 0 Å². The number of alkyl halides is 1. The van der Waals surface area contributed by atoms with E-state index in [9.17, 15) is 9.90 Å². The molecule has 1 aliphatic rings. The van der Waals surface area contributed by atoms with Crippen LogP contribution in [0.15, 0.2) is 24.3 Å². The molecular weight excluding hydrogens is 308 g/mol. The summed E-state index contributed by atoms with van der Waals surface area (Å²) in [5, 5.41) is 9.28. The van der Waals surface area contributed by atoms with Gasteiger partial charge in [-0.3, -0.25) is 4.79 Å². The van der Waals surface area contributed by atoms with Crippen LogP contribution in [-0.4, -0.2) is 46.9 Å². The first kappa shape index (κ1) is 14.2. The number of piperazine rings is 1. The molecule has 1 N–H and O–H groups in total. The van der Waals surface area contributed by atoms with E-state index in [1.165, 1.54) is 0 Å². The molecule has 0 bridgehead atoms. The standard InChI is InChI=1S/C14H19BrN2O2/c1-2-13(15)14(19)17-9-7-16(8-10-17)11-3-5-12(18)6-4-11/h3-6,13,18H,2,7-10H2,1H3. The fourth-order valence-corrected chi connectivity index (χ4v) is 2.51. The molecule has 0 aromatic heterocycles. The van der Waals surface area contributed by atoms with Gasteiger partial charge < -0.3 is 14.9 Å². The lowest BCUT2D eigenvalue weighted by Crippen LogP contribution is -2.50. The van der Waals surface area contributed by atoms with Crippen LogP contribution in [0.4, 0.5) is 5.69 Å². The monoisotopic (exact) mass is 326 g/mol. The topological polar surface area (TPSA) is 43.8 Å². The molecular formula is C14H19BrN2O2. The Morgan fingerprint density at radius 2 is 1.84 bits per heavy atom. The molecule has 0 radical (unpaired) electrons. The van der Waals surface area contributed by atoms with E-state index in [2.05, 4.69) is 20.8 Å². The van der Waals surface area contributed by atoms with Gasteiger partial charge in [-0.2, -0.15) is 0 Å². The maximum absolute atomic E-state index is 12.0. The number of benzene rings is 1. The van der Waals surface area contributed by atoms with Gasteiger partial charge in [-0.15, -0.1) is 0 Å². The van der Waals surface area contributed by atoms with Crippen molar-refractivity contribution in [2.24, 2.45) is 0 Å². The van der Waals surface area contributed by atoms with Crippen molar-refractivity contribution in [2.75, 3.05) is 31.1 Å². The number of hydrogen-bond donors (Lipinski definition) is 1. The number of phenolic OH excluding ortho intramolecular Hbond substituents is 1. The van der Waals surface area contributed by atoms with E-state index in [1.54, 1.807) is 12.1 Å². The van der Waals surface area contributed by atoms with Gasteiger partial charge in [0.2, 0.25) is 5.91 Å². The number of hydrogen-bond acceptors (Lipinski definition) is 3. The Morgan fingerprint density at radius 3 is 2.37 bits per heavy atom. The smallest absolute Gasteiger partial charge is 0.236 e. The number of carbonyl (C=O) groups excluding carboxylic acids is 1. The molecule has 1 aromatic rings. The summed E-state index contributed by atoms with van der Waals surface area (Å²) >= 11 is 3.41. The Balaban J connectivity index is 1.92. The number of anilines is 1. The van der Waals surface area contributed by atoms with Crippen molar-refractivity contribution in [2.45, 2.75) is 18.2 Å². The number of amides is 1. The SMILES string of the molecule is CCC(Br)C(=O)N1CCN(c2ccc(O)cc2)CC1. The Hall–Kier alpha value is -1.23. The minimum Gasteiger partial charge on any atom is -0.508 e. The van der Waals surface area contributed by atoms with Crippen LogP contribution in [0.3, 0.4) is 0 Å². The summed E-state index contributed by atoms with van der Waals surface area (Å²) in [5.74, 6) is 0.468. The van der Waals surface area contributed by atoms with E-state index in [-0.39, 0.29) is 16.5 Å². The molecule has 1 aromatic carbocycles. The fourth-order valence-electron chi connectivity index (χ4n) is 2.22. The minimum absolute atomic E-state index is 0.0623. The average molecular weight is 327 g/mol. The first-order valence-corrected chi connectivity index (χ1v) is 7.50. The third-order valence-corrected chi connectivity index (χ3v) is 4.47. The molecule has 1 amide bonds. The summed E-state index contributed by atoms with van der Waals surface area (Å²) < 4.78 is 0. The van der Waals surface area contributed by atoms with Gasteiger partial charge in [0.25, 0.3) is 0 Å². The third-order valence-electron chi connectivity index (χ3n) is 3.43. The van der Waals surface area contributed by atoms with Crippen LogP contribution in [0.1, 0.15) is 13.3 Å². The maximum Gasteiger partial charge on any atom is 0.236 e. The van der Waals surface area contributed by atoms with Gasteiger partial charge in [-0.05, 0) is 30.7 Å². The number of nitrogens with zero attached hydrogens (tertiary/aromatic N) is 2. The second-order valence-electron chi connectivity index (χ2n) is 4.70. The summed E-state index contributed by atoms with van der Waals surface area (Å²) in [6.07, 6.45) is 0.816. The van der Waals surface area contributed by atoms with E-state index in [4.69, 9.17) is 0 Å². The van der Waals surface area contributed by atoms with Crippen molar-refractivity contribution in [1.29, 1.82) is 0 Å². The molecule has 1 fully saturated rings. The molecule has 104 valence electrons. The van der Waals surface area contributed by atoms with E-state index < -0.39 is 0 Å². The molecule has 0 aliphatic carbocycles. The molecule has 19 heavy (non-hydrogen) atoms. The van der Waals surface area contributed by atoms with Crippen LogP contribution in [0.2, 0.25) is 0 Å². The predicted molar refractivity (Wildman–Crippen MR) is 79.9 cm³/mol. The number of aromatic hydroxyl groups is 1. The maximum atomic E-state index is 12.0. The molecule has 1 aliphatic heterocycles. The quantitative estimate of drug-likeness (QED) is 0.866. The van der Waals surface area contributed by atoms with Crippen LogP contribution in [0, 0.1) is 0 Å². The largest absolute Gasteiger partial charge is 0.508 e. The second kappa shape index (κ2) is 6.28. The van der Waals surface area contributed by atoms with Crippen molar-refractivity contribution >= 4 is 27.5 Å². The van der Waals surface area contributed by atoms with Crippen LogP contribution in [-0.2, 0) is 4.79 Å². The highest BCUT2D eigenvalue weighted by Gasteiger charge is 2.24. The number of phenols is 1. The zero-order valence-electron chi connectivity index (χ0n) is 11.1. The predicted octanol–water partition coefficient (Wildman–Crippen LogP) is 2.21. The zero-order valence-corrected chi connectivity index (χ0v) is 12.6. The molecule has 0 saturated carbocycles. The van der Waals surface area contributed by atoms with Crippen molar-refractivity contribution in [1.82, 2.24) is 4.90 Å². The Bertz CT molecular complexity index is 428. The Kier molecular flexibility index (Phi) is 4.69. The summed E-state index contributed by atoms with van der Waals surface area (Å²) in [5.41, 5.74) is 1.09. The van der Waals surface area contributed by atoms with E-state index in [0.717, 1.165) is 38.3 Å². The highest BCUT2D eigenvalue weighted by Crippen LogP contribution is 2.20. The molecule has 1 unspecified atom stereocenters. The Labute approximate surface area is 122 Å². The van der Waals surface area contributed by atoms with Gasteiger partial charge in [0.1, 0.15) is 5.75 Å². The first-order valence-electron chi connectivity index (χ1n) is 6.58. The second-order valence-corrected chi connectivity index (χ2v) is 5.81. The van der Waals surface area contributed by atoms with Crippen LogP contribution >= 0.6 is 15.9 Å². The highest BCUT2D eigenvalue weighted by atomic mass is 79.9. The Morgan fingerprint density at radius 1 is 1.26 bits per heavy atom. The molecule has 1 saturated heterocycles. The highest BCUT2D eigenvalue weighted by molar-refractivity contribution is 9.10. The van der Waals surface area contributed by atoms with Crippen molar-refractivity contribution in [3.63, 3.8) is 0 Å². The molecule has 5 heteroatoms. The van der Waals surface area contributed by atoms with E-state index in [0.29, 0.717) is 0 Å². The van der Waals surface area contributed by atoms with Crippen LogP contribution in [0.25, 0.3) is 0 Å². The van der Waals surface area contributed by atoms with Gasteiger partial charge in [0.05, 0.1) is 4.83 Å². The fraction of sp³-hybridized carbons (Fsp3) is 0.500. The minimum atomic E-state index is -0.0623. The van der Waals surface area contributed by atoms with Crippen molar-refractivity contribution in [3.8, 4) is 5.75 Å². The molecule has 1 atom stereocenters. The average Bonchev–Trinajstić information content (AvgIpc) is 2.46. The normalized spacial score (nSPS) is 17.4. The number of rotatable bonds is 3.